The van der Waals surface area contributed by atoms with Crippen LogP contribution in [0.5, 0.6) is 5.88 Å². The minimum atomic E-state index is -4.69. The number of hydrogen-bond donors (Lipinski definition) is 1. The summed E-state index contributed by atoms with van der Waals surface area (Å²) in [5.41, 5.74) is -0.303. The number of hydrogen-bond acceptors (Lipinski definition) is 6. The molecule has 0 saturated heterocycles. The number of aromatic nitrogens is 1. The lowest BCUT2D eigenvalue weighted by molar-refractivity contribution is -0.137. The van der Waals surface area contributed by atoms with Crippen LogP contribution in [0.4, 0.5) is 18.0 Å². The van der Waals surface area contributed by atoms with E-state index < -0.39 is 32.8 Å². The topological polar surface area (TPSA) is 102 Å². The number of benzene rings is 2. The summed E-state index contributed by atoms with van der Waals surface area (Å²) in [7, 11) is -4.28. The number of carbonyl (C=O) groups excluding carboxylic acids is 1. The minimum Gasteiger partial charge on any atom is -0.388 e. The third-order valence-corrected chi connectivity index (χ3v) is 7.61. The second-order valence-corrected chi connectivity index (χ2v) is 10.3. The van der Waals surface area contributed by atoms with Gasteiger partial charge in [-0.05, 0) is 41.1 Å². The molecule has 186 valence electrons. The molecule has 2 aromatic carbocycles. The van der Waals surface area contributed by atoms with E-state index in [4.69, 9.17) is 32.5 Å². The van der Waals surface area contributed by atoms with Gasteiger partial charge in [0.15, 0.2) is 0 Å². The zero-order valence-corrected chi connectivity index (χ0v) is 19.9. The molecule has 1 aliphatic rings. The van der Waals surface area contributed by atoms with Crippen molar-refractivity contribution in [2.24, 2.45) is 0 Å². The van der Waals surface area contributed by atoms with E-state index in [9.17, 15) is 26.4 Å². The SMILES string of the molecule is O=C(NCc1ccc(Cl)cc1Cl)Oc1noc2c1CN(S(=O)(=O)c1cccc(C(F)(F)F)c1)CC2. The zero-order valence-electron chi connectivity index (χ0n) is 17.6. The van der Waals surface area contributed by atoms with Gasteiger partial charge in [0.2, 0.25) is 10.0 Å². The molecule has 3 aromatic rings. The molecule has 14 heteroatoms. The number of amides is 1. The fraction of sp³-hybridized carbons (Fsp3) is 0.238. The highest BCUT2D eigenvalue weighted by Gasteiger charge is 2.36. The third-order valence-electron chi connectivity index (χ3n) is 5.18. The third kappa shape index (κ3) is 5.56. The Morgan fingerprint density at radius 1 is 1.20 bits per heavy atom. The standard InChI is InChI=1S/C21H16Cl2F3N3O5S/c22-14-5-4-12(17(23)9-14)10-27-20(30)33-19-16-11-29(7-6-18(16)34-28-19)35(31,32)15-3-1-2-13(8-15)21(24,25)26/h1-5,8-9H,6-7,10-11H2,(H,27,30). The van der Waals surface area contributed by atoms with Crippen LogP contribution in [-0.2, 0) is 35.7 Å². The lowest BCUT2D eigenvalue weighted by atomic mass is 10.1. The van der Waals surface area contributed by atoms with Crippen LogP contribution >= 0.6 is 23.2 Å². The fourth-order valence-corrected chi connectivity index (χ4v) is 5.31. The minimum absolute atomic E-state index is 0.0188. The van der Waals surface area contributed by atoms with E-state index in [2.05, 4.69) is 10.5 Å². The fourth-order valence-electron chi connectivity index (χ4n) is 3.38. The number of alkyl halides is 3. The molecule has 0 saturated carbocycles. The first kappa shape index (κ1) is 25.3. The number of sulfonamides is 1. The number of rotatable bonds is 5. The second kappa shape index (κ2) is 9.69. The van der Waals surface area contributed by atoms with Gasteiger partial charge in [-0.3, -0.25) is 0 Å². The van der Waals surface area contributed by atoms with Crippen LogP contribution in [0.1, 0.15) is 22.5 Å². The van der Waals surface area contributed by atoms with Crippen LogP contribution in [0.3, 0.4) is 0 Å². The van der Waals surface area contributed by atoms with Crippen LogP contribution in [0.25, 0.3) is 0 Å². The van der Waals surface area contributed by atoms with Crippen molar-refractivity contribution in [3.8, 4) is 5.88 Å². The molecule has 1 aromatic heterocycles. The number of ether oxygens (including phenoxy) is 1. The summed E-state index contributed by atoms with van der Waals surface area (Å²) in [5.74, 6) is 0.0627. The van der Waals surface area contributed by atoms with Gasteiger partial charge in [-0.25, -0.2) is 13.2 Å². The Morgan fingerprint density at radius 3 is 2.69 bits per heavy atom. The molecule has 0 spiro atoms. The van der Waals surface area contributed by atoms with Crippen LogP contribution in [0.2, 0.25) is 10.0 Å². The van der Waals surface area contributed by atoms with Crippen LogP contribution < -0.4 is 10.1 Å². The van der Waals surface area contributed by atoms with Gasteiger partial charge < -0.3 is 14.6 Å². The van der Waals surface area contributed by atoms with Crippen molar-refractivity contribution in [2.75, 3.05) is 6.54 Å². The number of carbonyl (C=O) groups is 1. The molecule has 0 aliphatic carbocycles. The first-order chi connectivity index (χ1) is 16.4. The molecule has 8 nitrogen and oxygen atoms in total. The molecule has 1 amide bonds. The monoisotopic (exact) mass is 549 g/mol. The maximum absolute atomic E-state index is 13.0. The largest absolute Gasteiger partial charge is 0.416 e. The van der Waals surface area contributed by atoms with Gasteiger partial charge in [-0.15, -0.1) is 0 Å². The zero-order chi connectivity index (χ0) is 25.4. The average molecular weight is 550 g/mol. The Balaban J connectivity index is 1.47. The first-order valence-corrected chi connectivity index (χ1v) is 12.2. The molecule has 1 aliphatic heterocycles. The smallest absolute Gasteiger partial charge is 0.388 e. The maximum Gasteiger partial charge on any atom is 0.416 e. The van der Waals surface area contributed by atoms with E-state index >= 15 is 0 Å². The van der Waals surface area contributed by atoms with E-state index in [0.717, 1.165) is 22.5 Å². The van der Waals surface area contributed by atoms with E-state index in [1.54, 1.807) is 12.1 Å². The Hall–Kier alpha value is -2.80. The highest BCUT2D eigenvalue weighted by molar-refractivity contribution is 7.89. The van der Waals surface area contributed by atoms with Gasteiger partial charge in [-0.1, -0.05) is 35.3 Å². The van der Waals surface area contributed by atoms with Crippen molar-refractivity contribution in [1.29, 1.82) is 0 Å². The Bertz CT molecular complexity index is 1380. The number of nitrogens with zero attached hydrogens (tertiary/aromatic N) is 2. The number of halogens is 5. The molecular weight excluding hydrogens is 534 g/mol. The van der Waals surface area contributed by atoms with E-state index in [0.29, 0.717) is 27.4 Å². The summed E-state index contributed by atoms with van der Waals surface area (Å²) in [6, 6.07) is 8.21. The number of nitrogens with one attached hydrogen (secondary N) is 1. The summed E-state index contributed by atoms with van der Waals surface area (Å²) in [6.45, 7) is -0.338. The highest BCUT2D eigenvalue weighted by Crippen LogP contribution is 2.34. The van der Waals surface area contributed by atoms with Crippen LogP contribution in [-0.4, -0.2) is 30.5 Å². The van der Waals surface area contributed by atoms with Crippen molar-refractivity contribution < 1.29 is 35.6 Å². The van der Waals surface area contributed by atoms with Gasteiger partial charge in [0.25, 0.3) is 5.88 Å². The summed E-state index contributed by atoms with van der Waals surface area (Å²) >= 11 is 11.9. The Labute approximate surface area is 207 Å². The van der Waals surface area contributed by atoms with Crippen molar-refractivity contribution in [2.45, 2.75) is 30.6 Å². The molecule has 35 heavy (non-hydrogen) atoms. The molecule has 1 N–H and O–H groups in total. The average Bonchev–Trinajstić information content (AvgIpc) is 3.20. The highest BCUT2D eigenvalue weighted by atomic mass is 35.5. The molecule has 0 bridgehead atoms. The van der Waals surface area contributed by atoms with Gasteiger partial charge in [0.1, 0.15) is 5.76 Å². The second-order valence-electron chi connectivity index (χ2n) is 7.48. The van der Waals surface area contributed by atoms with Gasteiger partial charge in [0.05, 0.1) is 16.0 Å². The van der Waals surface area contributed by atoms with Crippen molar-refractivity contribution >= 4 is 39.3 Å². The lowest BCUT2D eigenvalue weighted by Crippen LogP contribution is -2.36. The molecule has 0 atom stereocenters. The first-order valence-electron chi connectivity index (χ1n) is 9.99. The summed E-state index contributed by atoms with van der Waals surface area (Å²) in [6.07, 6.45) is -5.50. The van der Waals surface area contributed by atoms with E-state index in [1.165, 1.54) is 6.07 Å². The molecule has 0 unspecified atom stereocenters. The Kier molecular flexibility index (Phi) is 7.00. The van der Waals surface area contributed by atoms with Gasteiger partial charge >= 0.3 is 12.3 Å². The van der Waals surface area contributed by atoms with Crippen molar-refractivity contribution in [3.63, 3.8) is 0 Å². The number of fused-ring (bicyclic) bond motifs is 1. The normalized spacial score (nSPS) is 14.4. The van der Waals surface area contributed by atoms with E-state index in [1.807, 2.05) is 0 Å². The molecule has 0 fully saturated rings. The van der Waals surface area contributed by atoms with Crippen LogP contribution in [0, 0.1) is 0 Å². The summed E-state index contributed by atoms with van der Waals surface area (Å²) in [5, 5.41) is 6.94. The predicted octanol–water partition coefficient (Wildman–Crippen LogP) is 5.04. The Morgan fingerprint density at radius 2 is 1.97 bits per heavy atom. The van der Waals surface area contributed by atoms with Crippen molar-refractivity contribution in [3.05, 3.63) is 75.0 Å². The maximum atomic E-state index is 13.0. The lowest BCUT2D eigenvalue weighted by Gasteiger charge is -2.25. The molecular formula is C21H16Cl2F3N3O5S. The molecule has 0 radical (unpaired) electrons. The molecule has 2 heterocycles. The predicted molar refractivity (Wildman–Crippen MR) is 119 cm³/mol. The summed E-state index contributed by atoms with van der Waals surface area (Å²) in [4.78, 5) is 11.7. The van der Waals surface area contributed by atoms with Crippen molar-refractivity contribution in [1.82, 2.24) is 14.8 Å². The quantitative estimate of drug-likeness (QED) is 0.478. The van der Waals surface area contributed by atoms with E-state index in [-0.39, 0.29) is 37.5 Å². The van der Waals surface area contributed by atoms with Gasteiger partial charge in [0, 0.05) is 36.1 Å². The summed E-state index contributed by atoms with van der Waals surface area (Å²) < 4.78 is 76.5. The van der Waals surface area contributed by atoms with Crippen LogP contribution in [0.15, 0.2) is 51.9 Å². The van der Waals surface area contributed by atoms with Gasteiger partial charge in [-0.2, -0.15) is 17.5 Å². The molecule has 4 rings (SSSR count).